The molecule has 0 spiro atoms. The summed E-state index contributed by atoms with van der Waals surface area (Å²) in [5, 5.41) is 5.21. The van der Waals surface area contributed by atoms with Gasteiger partial charge in [0.25, 0.3) is 0 Å². The van der Waals surface area contributed by atoms with E-state index in [9.17, 15) is 14.0 Å². The van der Waals surface area contributed by atoms with Crippen LogP contribution in [0.25, 0.3) is 0 Å². The molecule has 2 N–H and O–H groups in total. The third kappa shape index (κ3) is 3.10. The molecule has 1 fully saturated rings. The lowest BCUT2D eigenvalue weighted by atomic mass is 10.0. The van der Waals surface area contributed by atoms with Gasteiger partial charge in [0.05, 0.1) is 0 Å². The van der Waals surface area contributed by atoms with Crippen LogP contribution < -0.4 is 10.6 Å². The van der Waals surface area contributed by atoms with Crippen molar-refractivity contribution >= 4 is 17.5 Å². The summed E-state index contributed by atoms with van der Waals surface area (Å²) in [5.74, 6) is -0.786. The molecule has 0 bridgehead atoms. The van der Waals surface area contributed by atoms with E-state index in [0.29, 0.717) is 24.1 Å². The van der Waals surface area contributed by atoms with Crippen LogP contribution in [0.2, 0.25) is 0 Å². The number of amides is 2. The largest absolute Gasteiger partial charge is 0.374 e. The number of anilines is 1. The highest BCUT2D eigenvalue weighted by atomic mass is 19.1. The van der Waals surface area contributed by atoms with E-state index in [-0.39, 0.29) is 23.5 Å². The third-order valence-electron chi connectivity index (χ3n) is 3.20. The maximum Gasteiger partial charge on any atom is 0.249 e. The van der Waals surface area contributed by atoms with Gasteiger partial charge < -0.3 is 5.32 Å². The molecule has 1 atom stereocenters. The second-order valence-corrected chi connectivity index (χ2v) is 5.04. The molecule has 1 aromatic rings. The fraction of sp³-hybridized carbons (Fsp3) is 0.429. The average molecular weight is 264 g/mol. The van der Waals surface area contributed by atoms with Gasteiger partial charge in [0.2, 0.25) is 11.8 Å². The minimum atomic E-state index is -0.484. The molecular weight excluding hydrogens is 247 g/mol. The van der Waals surface area contributed by atoms with Gasteiger partial charge in [-0.15, -0.1) is 0 Å². The van der Waals surface area contributed by atoms with Crippen LogP contribution in [0.15, 0.2) is 18.2 Å². The Hall–Kier alpha value is -1.91. The zero-order chi connectivity index (χ0) is 14.0. The first-order chi connectivity index (χ1) is 8.97. The zero-order valence-corrected chi connectivity index (χ0v) is 11.0. The van der Waals surface area contributed by atoms with Gasteiger partial charge in [-0.05, 0) is 30.0 Å². The van der Waals surface area contributed by atoms with Crippen LogP contribution in [0.4, 0.5) is 10.1 Å². The number of imide groups is 1. The number of carbonyl (C=O) groups excluding carboxylic acids is 2. The highest BCUT2D eigenvalue weighted by Crippen LogP contribution is 2.22. The minimum Gasteiger partial charge on any atom is -0.374 e. The van der Waals surface area contributed by atoms with Gasteiger partial charge in [-0.3, -0.25) is 14.9 Å². The average Bonchev–Trinajstić information content (AvgIpc) is 2.32. The van der Waals surface area contributed by atoms with Crippen molar-refractivity contribution in [1.82, 2.24) is 5.32 Å². The highest BCUT2D eigenvalue weighted by molar-refractivity contribution is 6.01. The van der Waals surface area contributed by atoms with Crippen LogP contribution in [0.1, 0.15) is 38.2 Å². The number of halogens is 1. The van der Waals surface area contributed by atoms with E-state index in [1.807, 2.05) is 13.8 Å². The van der Waals surface area contributed by atoms with Gasteiger partial charge in [-0.25, -0.2) is 4.39 Å². The monoisotopic (exact) mass is 264 g/mol. The van der Waals surface area contributed by atoms with Gasteiger partial charge in [0.15, 0.2) is 0 Å². The Kier molecular flexibility index (Phi) is 3.83. The molecule has 1 aliphatic rings. The van der Waals surface area contributed by atoms with Crippen molar-refractivity contribution in [2.75, 3.05) is 5.32 Å². The van der Waals surface area contributed by atoms with Gasteiger partial charge in [-0.1, -0.05) is 19.9 Å². The first-order valence-electron chi connectivity index (χ1n) is 6.37. The quantitative estimate of drug-likeness (QED) is 0.823. The van der Waals surface area contributed by atoms with Crippen LogP contribution in [-0.2, 0) is 9.59 Å². The molecule has 0 radical (unpaired) electrons. The number of rotatable bonds is 3. The molecule has 1 heterocycles. The number of carbonyl (C=O) groups is 2. The molecule has 0 aromatic heterocycles. The number of hydrogen-bond donors (Lipinski definition) is 2. The molecule has 102 valence electrons. The molecule has 1 aromatic carbocycles. The first kappa shape index (κ1) is 13.5. The number of benzene rings is 1. The summed E-state index contributed by atoms with van der Waals surface area (Å²) in [6, 6.07) is 4.37. The van der Waals surface area contributed by atoms with E-state index in [4.69, 9.17) is 0 Å². The molecule has 1 aliphatic heterocycles. The predicted molar refractivity (Wildman–Crippen MR) is 70.3 cm³/mol. The summed E-state index contributed by atoms with van der Waals surface area (Å²) in [7, 11) is 0. The molecule has 0 aliphatic carbocycles. The lowest BCUT2D eigenvalue weighted by molar-refractivity contribution is -0.133. The highest BCUT2D eigenvalue weighted by Gasteiger charge is 2.26. The van der Waals surface area contributed by atoms with E-state index in [0.717, 1.165) is 0 Å². The van der Waals surface area contributed by atoms with Crippen molar-refractivity contribution in [3.05, 3.63) is 29.6 Å². The maximum absolute atomic E-state index is 13.8. The first-order valence-corrected chi connectivity index (χ1v) is 6.37. The number of hydrogen-bond acceptors (Lipinski definition) is 3. The summed E-state index contributed by atoms with van der Waals surface area (Å²) in [5.41, 5.74) is 1.20. The second kappa shape index (κ2) is 5.38. The van der Waals surface area contributed by atoms with Gasteiger partial charge in [-0.2, -0.15) is 0 Å². The van der Waals surface area contributed by atoms with Crippen LogP contribution >= 0.6 is 0 Å². The summed E-state index contributed by atoms with van der Waals surface area (Å²) in [4.78, 5) is 22.6. The maximum atomic E-state index is 13.8. The Morgan fingerprint density at radius 3 is 2.68 bits per heavy atom. The van der Waals surface area contributed by atoms with Crippen LogP contribution in [-0.4, -0.2) is 17.9 Å². The summed E-state index contributed by atoms with van der Waals surface area (Å²) < 4.78 is 13.8. The molecule has 2 amide bonds. The second-order valence-electron chi connectivity index (χ2n) is 5.04. The molecule has 4 nitrogen and oxygen atoms in total. The van der Waals surface area contributed by atoms with Crippen LogP contribution in [0.3, 0.4) is 0 Å². The summed E-state index contributed by atoms with van der Waals surface area (Å²) in [6.07, 6.45) is 0.730. The molecule has 0 unspecified atom stereocenters. The molecule has 2 rings (SSSR count). The van der Waals surface area contributed by atoms with Crippen molar-refractivity contribution in [3.8, 4) is 0 Å². The van der Waals surface area contributed by atoms with E-state index < -0.39 is 6.04 Å². The topological polar surface area (TPSA) is 58.2 Å². The Morgan fingerprint density at radius 1 is 1.37 bits per heavy atom. The van der Waals surface area contributed by atoms with Crippen molar-refractivity contribution in [1.29, 1.82) is 0 Å². The number of piperidine rings is 1. The smallest absolute Gasteiger partial charge is 0.249 e. The molecule has 0 saturated carbocycles. The Labute approximate surface area is 111 Å². The van der Waals surface area contributed by atoms with E-state index in [1.54, 1.807) is 12.1 Å². The lowest BCUT2D eigenvalue weighted by Crippen LogP contribution is -2.47. The lowest BCUT2D eigenvalue weighted by Gasteiger charge is -2.23. The van der Waals surface area contributed by atoms with Crippen molar-refractivity contribution in [3.63, 3.8) is 0 Å². The fourth-order valence-corrected chi connectivity index (χ4v) is 2.12. The van der Waals surface area contributed by atoms with Crippen molar-refractivity contribution in [2.45, 2.75) is 38.6 Å². The van der Waals surface area contributed by atoms with Crippen molar-refractivity contribution < 1.29 is 14.0 Å². The van der Waals surface area contributed by atoms with Crippen LogP contribution in [0, 0.1) is 5.82 Å². The number of nitrogens with one attached hydrogen (secondary N) is 2. The van der Waals surface area contributed by atoms with Gasteiger partial charge >= 0.3 is 0 Å². The zero-order valence-electron chi connectivity index (χ0n) is 11.0. The fourth-order valence-electron chi connectivity index (χ4n) is 2.12. The third-order valence-corrected chi connectivity index (χ3v) is 3.20. The predicted octanol–water partition coefficient (Wildman–Crippen LogP) is 2.17. The Morgan fingerprint density at radius 2 is 2.11 bits per heavy atom. The van der Waals surface area contributed by atoms with Gasteiger partial charge in [0.1, 0.15) is 11.9 Å². The summed E-state index contributed by atoms with van der Waals surface area (Å²) in [6.45, 7) is 3.84. The van der Waals surface area contributed by atoms with Gasteiger partial charge in [0, 0.05) is 12.1 Å². The molecule has 1 saturated heterocycles. The van der Waals surface area contributed by atoms with Crippen molar-refractivity contribution in [2.24, 2.45) is 0 Å². The Balaban J connectivity index is 2.09. The normalized spacial score (nSPS) is 19.5. The molecule has 5 heteroatoms. The standard InChI is InChI=1S/C14H17FN2O2/c1-8(2)10-4-3-9(7-11(10)15)16-12-5-6-13(18)17-14(12)19/h3-4,7-8,12,16H,5-6H2,1-2H3,(H,17,18,19)/t12-/m1/s1. The Bertz CT molecular complexity index is 514. The van der Waals surface area contributed by atoms with E-state index >= 15 is 0 Å². The molecule has 19 heavy (non-hydrogen) atoms. The minimum absolute atomic E-state index is 0.115. The van der Waals surface area contributed by atoms with E-state index in [2.05, 4.69) is 10.6 Å². The SMILES string of the molecule is CC(C)c1ccc(N[C@@H]2CCC(=O)NC2=O)cc1F. The van der Waals surface area contributed by atoms with E-state index in [1.165, 1.54) is 6.07 Å². The summed E-state index contributed by atoms with van der Waals surface area (Å²) >= 11 is 0. The molecular formula is C14H17FN2O2. The van der Waals surface area contributed by atoms with Crippen LogP contribution in [0.5, 0.6) is 0 Å².